The number of esters is 1. The average molecular weight is 580 g/mol. The van der Waals surface area contributed by atoms with Gasteiger partial charge in [0.25, 0.3) is 5.91 Å². The van der Waals surface area contributed by atoms with Crippen molar-refractivity contribution in [1.29, 1.82) is 0 Å². The number of anilines is 1. The predicted molar refractivity (Wildman–Crippen MR) is 116 cm³/mol. The third-order valence-corrected chi connectivity index (χ3v) is 5.15. The second-order valence-electron chi connectivity index (χ2n) is 6.64. The highest BCUT2D eigenvalue weighted by molar-refractivity contribution is 14.1. The molecule has 174 valence electrons. The molecule has 1 amide bonds. The number of hydrogen-bond donors (Lipinski definition) is 0. The summed E-state index contributed by atoms with van der Waals surface area (Å²) < 4.78 is 80.0. The molecule has 1 heterocycles. The summed E-state index contributed by atoms with van der Waals surface area (Å²) in [6.07, 6.45) is 1.30. The zero-order valence-electron chi connectivity index (χ0n) is 17.2. The molecule has 0 saturated carbocycles. The fourth-order valence-electron chi connectivity index (χ4n) is 2.96. The third kappa shape index (κ3) is 4.56. The highest BCUT2D eigenvalue weighted by Gasteiger charge is 2.37. The summed E-state index contributed by atoms with van der Waals surface area (Å²) in [6.45, 7) is 4.48. The Kier molecular flexibility index (Phi) is 7.05. The van der Waals surface area contributed by atoms with Gasteiger partial charge in [-0.3, -0.25) is 9.59 Å². The zero-order valence-corrected chi connectivity index (χ0v) is 19.4. The molecule has 0 saturated heterocycles. The van der Waals surface area contributed by atoms with Crippen molar-refractivity contribution in [3.8, 4) is 11.5 Å². The quantitative estimate of drug-likeness (QED) is 0.0938. The van der Waals surface area contributed by atoms with E-state index in [0.29, 0.717) is 9.13 Å². The van der Waals surface area contributed by atoms with Crippen molar-refractivity contribution in [2.75, 3.05) is 11.6 Å². The average Bonchev–Trinajstić information content (AvgIpc) is 3.01. The van der Waals surface area contributed by atoms with E-state index in [-0.39, 0.29) is 34.4 Å². The van der Waals surface area contributed by atoms with Crippen molar-refractivity contribution in [2.45, 2.75) is 20.8 Å². The third-order valence-electron chi connectivity index (χ3n) is 4.35. The highest BCUT2D eigenvalue weighted by atomic mass is 127. The first-order valence-electron chi connectivity index (χ1n) is 9.25. The van der Waals surface area contributed by atoms with Gasteiger partial charge in [0.1, 0.15) is 5.69 Å². The molecule has 33 heavy (non-hydrogen) atoms. The van der Waals surface area contributed by atoms with Crippen LogP contribution in [-0.2, 0) is 9.59 Å². The van der Waals surface area contributed by atoms with Crippen LogP contribution in [0.1, 0.15) is 26.3 Å². The molecule has 6 nitrogen and oxygen atoms in total. The van der Waals surface area contributed by atoms with E-state index in [0.717, 1.165) is 0 Å². The molecule has 1 aliphatic heterocycles. The number of nitrogens with zero attached hydrogens (tertiary/aromatic N) is 2. The van der Waals surface area contributed by atoms with E-state index >= 15 is 0 Å². The number of hydrazone groups is 1. The number of benzene rings is 2. The Hall–Kier alpha value is -3.03. The van der Waals surface area contributed by atoms with Gasteiger partial charge in [-0.1, -0.05) is 0 Å². The smallest absolute Gasteiger partial charge is 0.308 e. The van der Waals surface area contributed by atoms with Crippen LogP contribution >= 0.6 is 22.6 Å². The van der Waals surface area contributed by atoms with Crippen LogP contribution in [0.3, 0.4) is 0 Å². The van der Waals surface area contributed by atoms with E-state index in [2.05, 4.69) is 5.10 Å². The molecule has 0 bridgehead atoms. The molecule has 0 aromatic heterocycles. The van der Waals surface area contributed by atoms with Gasteiger partial charge in [-0.15, -0.1) is 0 Å². The van der Waals surface area contributed by atoms with Gasteiger partial charge in [-0.2, -0.15) is 10.1 Å². The largest absolute Gasteiger partial charge is 0.490 e. The van der Waals surface area contributed by atoms with Crippen molar-refractivity contribution in [1.82, 2.24) is 0 Å². The second-order valence-corrected chi connectivity index (χ2v) is 7.80. The molecule has 1 aliphatic rings. The normalized spacial score (nSPS) is 14.7. The minimum absolute atomic E-state index is 0.0269. The summed E-state index contributed by atoms with van der Waals surface area (Å²) >= 11 is 1.88. The first kappa shape index (κ1) is 24.6. The van der Waals surface area contributed by atoms with E-state index in [1.807, 2.05) is 22.6 Å². The Balaban J connectivity index is 2.07. The molecule has 0 spiro atoms. The summed E-state index contributed by atoms with van der Waals surface area (Å²) in [5.41, 5.74) is -1.29. The summed E-state index contributed by atoms with van der Waals surface area (Å²) in [5.74, 6) is -12.4. The molecule has 12 heteroatoms. The molecule has 0 atom stereocenters. The maximum Gasteiger partial charge on any atom is 0.308 e. The van der Waals surface area contributed by atoms with Gasteiger partial charge < -0.3 is 9.47 Å². The molecule has 0 aliphatic carbocycles. The van der Waals surface area contributed by atoms with Crippen LogP contribution in [0.25, 0.3) is 6.08 Å². The van der Waals surface area contributed by atoms with Crippen molar-refractivity contribution >= 4 is 51.9 Å². The minimum atomic E-state index is -2.34. The lowest BCUT2D eigenvalue weighted by atomic mass is 10.1. The number of halogens is 6. The van der Waals surface area contributed by atoms with Gasteiger partial charge in [0.2, 0.25) is 5.82 Å². The molecule has 2 aromatic rings. The number of rotatable bonds is 5. The number of amides is 1. The maximum atomic E-state index is 14.2. The summed E-state index contributed by atoms with van der Waals surface area (Å²) in [4.78, 5) is 24.2. The fourth-order valence-corrected chi connectivity index (χ4v) is 3.69. The van der Waals surface area contributed by atoms with Gasteiger partial charge in [0.15, 0.2) is 34.8 Å². The Morgan fingerprint density at radius 2 is 1.67 bits per heavy atom. The van der Waals surface area contributed by atoms with Crippen LogP contribution in [0.15, 0.2) is 22.8 Å². The van der Waals surface area contributed by atoms with Crippen molar-refractivity contribution in [3.05, 3.63) is 55.9 Å². The highest BCUT2D eigenvalue weighted by Crippen LogP contribution is 2.37. The fraction of sp³-hybridized carbons (Fsp3) is 0.190. The first-order chi connectivity index (χ1) is 15.5. The van der Waals surface area contributed by atoms with Crippen LogP contribution in [0.2, 0.25) is 0 Å². The lowest BCUT2D eigenvalue weighted by Gasteiger charge is -2.15. The van der Waals surface area contributed by atoms with Crippen LogP contribution in [0.5, 0.6) is 11.5 Å². The lowest BCUT2D eigenvalue weighted by molar-refractivity contribution is -0.132. The van der Waals surface area contributed by atoms with Gasteiger partial charge in [0, 0.05) is 6.92 Å². The SMILES string of the molecule is CCOc1cc(/C=C2\C(=O)N(c3c(F)c(F)c(F)c(F)c3F)N=C2C)cc(I)c1OC(C)=O. The van der Waals surface area contributed by atoms with E-state index in [1.165, 1.54) is 32.1 Å². The molecular weight excluding hydrogens is 566 g/mol. The van der Waals surface area contributed by atoms with Crippen molar-refractivity contribution < 1.29 is 41.0 Å². The van der Waals surface area contributed by atoms with E-state index in [1.54, 1.807) is 6.92 Å². The van der Waals surface area contributed by atoms with Gasteiger partial charge in [-0.05, 0) is 60.2 Å². The Morgan fingerprint density at radius 3 is 2.21 bits per heavy atom. The monoisotopic (exact) mass is 580 g/mol. The molecule has 0 unspecified atom stereocenters. The molecule has 3 rings (SSSR count). The van der Waals surface area contributed by atoms with E-state index < -0.39 is 46.6 Å². The molecular formula is C21H14F5IN2O4. The molecule has 0 N–H and O–H groups in total. The Labute approximate surface area is 197 Å². The zero-order chi connectivity index (χ0) is 24.6. The topological polar surface area (TPSA) is 68.2 Å². The van der Waals surface area contributed by atoms with Crippen molar-refractivity contribution in [2.24, 2.45) is 5.10 Å². The first-order valence-corrected chi connectivity index (χ1v) is 10.3. The summed E-state index contributed by atoms with van der Waals surface area (Å²) in [5, 5.41) is 3.81. The van der Waals surface area contributed by atoms with Crippen LogP contribution in [-0.4, -0.2) is 24.2 Å². The maximum absolute atomic E-state index is 14.2. The van der Waals surface area contributed by atoms with Gasteiger partial charge in [0.05, 0.1) is 21.5 Å². The lowest BCUT2D eigenvalue weighted by Crippen LogP contribution is -2.25. The van der Waals surface area contributed by atoms with Crippen molar-refractivity contribution in [3.63, 3.8) is 0 Å². The molecule has 0 fully saturated rings. The number of ether oxygens (including phenoxy) is 2. The summed E-state index contributed by atoms with van der Waals surface area (Å²) in [6, 6.07) is 2.99. The Bertz CT molecular complexity index is 1220. The van der Waals surface area contributed by atoms with Gasteiger partial charge >= 0.3 is 5.97 Å². The van der Waals surface area contributed by atoms with Crippen LogP contribution in [0.4, 0.5) is 27.6 Å². The number of hydrogen-bond acceptors (Lipinski definition) is 5. The summed E-state index contributed by atoms with van der Waals surface area (Å²) in [7, 11) is 0. The molecule has 2 aromatic carbocycles. The second kappa shape index (κ2) is 9.45. The van der Waals surface area contributed by atoms with E-state index in [9.17, 15) is 31.5 Å². The molecule has 0 radical (unpaired) electrons. The number of carbonyl (C=O) groups excluding carboxylic acids is 2. The minimum Gasteiger partial charge on any atom is -0.490 e. The standard InChI is InChI=1S/C21H14F5IN2O4/c1-4-32-13-7-10(6-12(27)20(13)33-9(3)30)5-11-8(2)28-29(21(11)31)19-17(25)15(23)14(22)16(24)18(19)26/h5-7H,4H2,1-3H3/b11-5-. The van der Waals surface area contributed by atoms with E-state index in [4.69, 9.17) is 9.47 Å². The van der Waals surface area contributed by atoms with Crippen LogP contribution in [0, 0.1) is 32.7 Å². The Morgan fingerprint density at radius 1 is 1.09 bits per heavy atom. The van der Waals surface area contributed by atoms with Gasteiger partial charge in [-0.25, -0.2) is 22.0 Å². The number of carbonyl (C=O) groups is 2. The predicted octanol–water partition coefficient (Wildman–Crippen LogP) is 5.12. The van der Waals surface area contributed by atoms with Crippen LogP contribution < -0.4 is 14.5 Å².